The highest BCUT2D eigenvalue weighted by atomic mass is 32.2. The van der Waals surface area contributed by atoms with Gasteiger partial charge in [-0.05, 0) is 24.6 Å². The molecule has 0 heterocycles. The minimum absolute atomic E-state index is 0.101. The van der Waals surface area contributed by atoms with Gasteiger partial charge in [0.05, 0.1) is 12.0 Å². The number of hydrogen-bond acceptors (Lipinski definition) is 4. The summed E-state index contributed by atoms with van der Waals surface area (Å²) in [6, 6.07) is 3.49. The lowest BCUT2D eigenvalue weighted by atomic mass is 10.1. The van der Waals surface area contributed by atoms with Crippen LogP contribution in [0.5, 0.6) is 0 Å². The minimum Gasteiger partial charge on any atom is -0.481 e. The Labute approximate surface area is 116 Å². The van der Waals surface area contributed by atoms with Crippen LogP contribution in [-0.4, -0.2) is 37.4 Å². The number of carboxylic acid groups (broad SMARTS) is 1. The minimum atomic E-state index is -4.04. The summed E-state index contributed by atoms with van der Waals surface area (Å²) in [5, 5.41) is 17.5. The first-order valence-electron chi connectivity index (χ1n) is 5.58. The van der Waals surface area contributed by atoms with Crippen LogP contribution in [0.25, 0.3) is 0 Å². The number of nitrogens with zero attached hydrogens (tertiary/aromatic N) is 2. The molecule has 1 N–H and O–H groups in total. The second-order valence-corrected chi connectivity index (χ2v) is 6.16. The average Bonchev–Trinajstić information content (AvgIpc) is 2.33. The molecule has 0 amide bonds. The van der Waals surface area contributed by atoms with Gasteiger partial charge in [0.2, 0.25) is 10.0 Å². The monoisotopic (exact) mass is 300 g/mol. The van der Waals surface area contributed by atoms with Crippen molar-refractivity contribution in [3.8, 4) is 6.07 Å². The van der Waals surface area contributed by atoms with Gasteiger partial charge in [-0.3, -0.25) is 4.79 Å². The van der Waals surface area contributed by atoms with Gasteiger partial charge in [-0.25, -0.2) is 17.1 Å². The first-order chi connectivity index (χ1) is 9.20. The molecule has 8 heteroatoms. The topological polar surface area (TPSA) is 98.5 Å². The largest absolute Gasteiger partial charge is 0.481 e. The molecule has 0 aliphatic heterocycles. The molecule has 0 unspecified atom stereocenters. The van der Waals surface area contributed by atoms with Gasteiger partial charge in [-0.15, -0.1) is 0 Å². The molecule has 0 spiro atoms. The summed E-state index contributed by atoms with van der Waals surface area (Å²) in [6.07, 6.45) is -0.363. The summed E-state index contributed by atoms with van der Waals surface area (Å²) in [7, 11) is -2.83. The van der Waals surface area contributed by atoms with Crippen LogP contribution in [0.3, 0.4) is 0 Å². The number of aryl methyl sites for hydroxylation is 1. The van der Waals surface area contributed by atoms with E-state index in [1.807, 2.05) is 0 Å². The Hall–Kier alpha value is -1.98. The van der Waals surface area contributed by atoms with Crippen LogP contribution < -0.4 is 0 Å². The predicted octanol–water partition coefficient (Wildman–Crippen LogP) is 1.10. The normalized spacial score (nSPS) is 11.3. The highest BCUT2D eigenvalue weighted by Crippen LogP contribution is 2.24. The van der Waals surface area contributed by atoms with Crippen molar-refractivity contribution in [2.75, 3.05) is 13.6 Å². The molecular weight excluding hydrogens is 287 g/mol. The lowest BCUT2D eigenvalue weighted by molar-refractivity contribution is -0.137. The smallest absolute Gasteiger partial charge is 0.304 e. The number of hydrogen-bond donors (Lipinski definition) is 1. The molecule has 0 aliphatic rings. The third-order valence-electron chi connectivity index (χ3n) is 2.67. The maximum atomic E-state index is 13.2. The fourth-order valence-corrected chi connectivity index (χ4v) is 3.18. The molecule has 0 saturated carbocycles. The summed E-state index contributed by atoms with van der Waals surface area (Å²) in [6.45, 7) is 1.14. The molecule has 0 aromatic heterocycles. The number of carbonyl (C=O) groups is 1. The Morgan fingerprint density at radius 2 is 2.10 bits per heavy atom. The first-order valence-corrected chi connectivity index (χ1v) is 7.02. The molecule has 0 fully saturated rings. The second kappa shape index (κ2) is 5.98. The van der Waals surface area contributed by atoms with Gasteiger partial charge in [-0.2, -0.15) is 5.26 Å². The van der Waals surface area contributed by atoms with Gasteiger partial charge in [0.15, 0.2) is 0 Å². The van der Waals surface area contributed by atoms with E-state index in [0.717, 1.165) is 16.4 Å². The van der Waals surface area contributed by atoms with Crippen molar-refractivity contribution < 1.29 is 22.7 Å². The molecule has 1 aromatic carbocycles. The molecule has 0 aliphatic carbocycles. The fourth-order valence-electron chi connectivity index (χ4n) is 1.68. The highest BCUT2D eigenvalue weighted by Gasteiger charge is 2.27. The van der Waals surface area contributed by atoms with E-state index in [-0.39, 0.29) is 29.0 Å². The van der Waals surface area contributed by atoms with E-state index >= 15 is 0 Å². The van der Waals surface area contributed by atoms with Crippen molar-refractivity contribution in [1.29, 1.82) is 5.26 Å². The van der Waals surface area contributed by atoms with E-state index in [0.29, 0.717) is 0 Å². The Morgan fingerprint density at radius 3 is 2.60 bits per heavy atom. The average molecular weight is 300 g/mol. The SMILES string of the molecule is Cc1cc(F)cc(C#N)c1S(=O)(=O)N(C)CCC(=O)O. The predicted molar refractivity (Wildman–Crippen MR) is 67.9 cm³/mol. The van der Waals surface area contributed by atoms with Crippen molar-refractivity contribution in [3.63, 3.8) is 0 Å². The van der Waals surface area contributed by atoms with Crippen LogP contribution in [0, 0.1) is 24.1 Å². The van der Waals surface area contributed by atoms with Crippen molar-refractivity contribution in [2.24, 2.45) is 0 Å². The Morgan fingerprint density at radius 1 is 1.50 bits per heavy atom. The highest BCUT2D eigenvalue weighted by molar-refractivity contribution is 7.89. The summed E-state index contributed by atoms with van der Waals surface area (Å²) < 4.78 is 38.7. The van der Waals surface area contributed by atoms with E-state index < -0.39 is 21.8 Å². The van der Waals surface area contributed by atoms with Crippen LogP contribution in [0.15, 0.2) is 17.0 Å². The van der Waals surface area contributed by atoms with E-state index in [1.54, 1.807) is 6.07 Å². The zero-order chi connectivity index (χ0) is 15.5. The van der Waals surface area contributed by atoms with Crippen LogP contribution in [0.2, 0.25) is 0 Å². The zero-order valence-corrected chi connectivity index (χ0v) is 11.7. The van der Waals surface area contributed by atoms with Crippen LogP contribution in [0.1, 0.15) is 17.5 Å². The molecule has 1 aromatic rings. The number of halogens is 1. The van der Waals surface area contributed by atoms with Gasteiger partial charge in [-0.1, -0.05) is 0 Å². The Bertz CT molecular complexity index is 679. The third kappa shape index (κ3) is 3.31. The van der Waals surface area contributed by atoms with E-state index in [2.05, 4.69) is 0 Å². The maximum absolute atomic E-state index is 13.2. The summed E-state index contributed by atoms with van der Waals surface area (Å²) in [4.78, 5) is 10.2. The fraction of sp³-hybridized carbons (Fsp3) is 0.333. The summed E-state index contributed by atoms with van der Waals surface area (Å²) in [5.74, 6) is -1.84. The van der Waals surface area contributed by atoms with Crippen molar-refractivity contribution in [2.45, 2.75) is 18.2 Å². The second-order valence-electron chi connectivity index (χ2n) is 4.18. The van der Waals surface area contributed by atoms with Gasteiger partial charge >= 0.3 is 5.97 Å². The number of rotatable bonds is 5. The number of benzene rings is 1. The Kier molecular flexibility index (Phi) is 4.81. The molecular formula is C12H13FN2O4S. The quantitative estimate of drug-likeness (QED) is 0.878. The molecule has 1 rings (SSSR count). The van der Waals surface area contributed by atoms with Crippen LogP contribution >= 0.6 is 0 Å². The number of carboxylic acids is 1. The summed E-state index contributed by atoms with van der Waals surface area (Å²) >= 11 is 0. The summed E-state index contributed by atoms with van der Waals surface area (Å²) in [5.41, 5.74) is -0.201. The number of sulfonamides is 1. The first kappa shape index (κ1) is 16.1. The van der Waals surface area contributed by atoms with Gasteiger partial charge < -0.3 is 5.11 Å². The molecule has 0 saturated heterocycles. The maximum Gasteiger partial charge on any atom is 0.304 e. The third-order valence-corrected chi connectivity index (χ3v) is 4.73. The van der Waals surface area contributed by atoms with Gasteiger partial charge in [0.1, 0.15) is 16.8 Å². The van der Waals surface area contributed by atoms with Crippen LogP contribution in [-0.2, 0) is 14.8 Å². The van der Waals surface area contributed by atoms with Crippen molar-refractivity contribution >= 4 is 16.0 Å². The molecule has 20 heavy (non-hydrogen) atoms. The molecule has 6 nitrogen and oxygen atoms in total. The van der Waals surface area contributed by atoms with Gasteiger partial charge in [0.25, 0.3) is 0 Å². The van der Waals surface area contributed by atoms with Crippen molar-refractivity contribution in [1.82, 2.24) is 4.31 Å². The lowest BCUT2D eigenvalue weighted by Crippen LogP contribution is -2.30. The number of nitriles is 1. The molecule has 0 radical (unpaired) electrons. The van der Waals surface area contributed by atoms with E-state index in [9.17, 15) is 17.6 Å². The van der Waals surface area contributed by atoms with Crippen molar-refractivity contribution in [3.05, 3.63) is 29.1 Å². The van der Waals surface area contributed by atoms with Gasteiger partial charge in [0, 0.05) is 13.6 Å². The van der Waals surface area contributed by atoms with Crippen LogP contribution in [0.4, 0.5) is 4.39 Å². The molecule has 0 bridgehead atoms. The van der Waals surface area contributed by atoms with E-state index in [1.165, 1.54) is 14.0 Å². The zero-order valence-electron chi connectivity index (χ0n) is 10.9. The lowest BCUT2D eigenvalue weighted by Gasteiger charge is -2.18. The number of aliphatic carboxylic acids is 1. The standard InChI is InChI=1S/C12H13FN2O4S/c1-8-5-10(13)6-9(7-14)12(8)20(18,19)15(2)4-3-11(16)17/h5-6H,3-4H2,1-2H3,(H,16,17). The molecule has 0 atom stereocenters. The molecule has 108 valence electrons. The Balaban J connectivity index is 3.29. The van der Waals surface area contributed by atoms with E-state index in [4.69, 9.17) is 10.4 Å².